The molecule has 0 saturated carbocycles. The molecule has 142 valence electrons. The Morgan fingerprint density at radius 1 is 1.07 bits per heavy atom. The SMILES string of the molecule is CCC(C)c1ccc(Nc2nc(-c3ccc(OC(F)F)cc3)c(C)s2)cc1. The minimum atomic E-state index is -2.82. The molecule has 27 heavy (non-hydrogen) atoms. The average molecular weight is 388 g/mol. The van der Waals surface area contributed by atoms with Crippen LogP contribution in [0.2, 0.25) is 0 Å². The number of anilines is 2. The maximum atomic E-state index is 12.3. The largest absolute Gasteiger partial charge is 0.435 e. The molecular weight excluding hydrogens is 366 g/mol. The molecule has 0 fully saturated rings. The van der Waals surface area contributed by atoms with Crippen LogP contribution in [0.3, 0.4) is 0 Å². The highest BCUT2D eigenvalue weighted by atomic mass is 32.1. The van der Waals surface area contributed by atoms with Crippen LogP contribution in [0.25, 0.3) is 11.3 Å². The smallest absolute Gasteiger partial charge is 0.387 e. The van der Waals surface area contributed by atoms with Crippen molar-refractivity contribution in [2.75, 3.05) is 5.32 Å². The van der Waals surface area contributed by atoms with Crippen molar-refractivity contribution in [2.45, 2.75) is 39.7 Å². The number of thiazole rings is 1. The van der Waals surface area contributed by atoms with Gasteiger partial charge < -0.3 is 10.1 Å². The molecule has 3 nitrogen and oxygen atoms in total. The number of hydrogen-bond acceptors (Lipinski definition) is 4. The fraction of sp³-hybridized carbons (Fsp3) is 0.286. The Balaban J connectivity index is 1.74. The van der Waals surface area contributed by atoms with Crippen LogP contribution >= 0.6 is 11.3 Å². The van der Waals surface area contributed by atoms with Gasteiger partial charge in [-0.3, -0.25) is 0 Å². The number of halogens is 2. The first-order chi connectivity index (χ1) is 13.0. The molecule has 0 radical (unpaired) electrons. The highest BCUT2D eigenvalue weighted by Crippen LogP contribution is 2.33. The third kappa shape index (κ3) is 4.83. The number of nitrogens with zero attached hydrogens (tertiary/aromatic N) is 1. The van der Waals surface area contributed by atoms with E-state index in [1.54, 1.807) is 23.5 Å². The van der Waals surface area contributed by atoms with Crippen molar-refractivity contribution in [1.82, 2.24) is 4.98 Å². The number of ether oxygens (including phenoxy) is 1. The quantitative estimate of drug-likeness (QED) is 0.474. The van der Waals surface area contributed by atoms with E-state index in [1.165, 1.54) is 17.7 Å². The van der Waals surface area contributed by atoms with Gasteiger partial charge in [-0.15, -0.1) is 11.3 Å². The second-order valence-corrected chi connectivity index (χ2v) is 7.59. The highest BCUT2D eigenvalue weighted by molar-refractivity contribution is 7.16. The summed E-state index contributed by atoms with van der Waals surface area (Å²) < 4.78 is 28.9. The molecule has 1 heterocycles. The lowest BCUT2D eigenvalue weighted by molar-refractivity contribution is -0.0498. The highest BCUT2D eigenvalue weighted by Gasteiger charge is 2.11. The fourth-order valence-corrected chi connectivity index (χ4v) is 3.62. The van der Waals surface area contributed by atoms with E-state index in [0.717, 1.165) is 33.4 Å². The predicted octanol–water partition coefficient (Wildman–Crippen LogP) is 6.98. The van der Waals surface area contributed by atoms with Crippen LogP contribution in [-0.2, 0) is 0 Å². The molecular formula is C21H22F2N2OS. The van der Waals surface area contributed by atoms with Crippen molar-refractivity contribution < 1.29 is 13.5 Å². The molecule has 0 saturated heterocycles. The lowest BCUT2D eigenvalue weighted by Gasteiger charge is -2.10. The van der Waals surface area contributed by atoms with Gasteiger partial charge in [0.25, 0.3) is 0 Å². The summed E-state index contributed by atoms with van der Waals surface area (Å²) >= 11 is 1.56. The first kappa shape index (κ1) is 19.3. The van der Waals surface area contributed by atoms with E-state index in [1.807, 2.05) is 6.92 Å². The van der Waals surface area contributed by atoms with Crippen LogP contribution in [-0.4, -0.2) is 11.6 Å². The van der Waals surface area contributed by atoms with Gasteiger partial charge in [0.05, 0.1) is 5.69 Å². The van der Waals surface area contributed by atoms with E-state index in [-0.39, 0.29) is 5.75 Å². The van der Waals surface area contributed by atoms with E-state index in [9.17, 15) is 8.78 Å². The lowest BCUT2D eigenvalue weighted by atomic mass is 9.99. The van der Waals surface area contributed by atoms with Gasteiger partial charge in [0.2, 0.25) is 0 Å². The Kier molecular flexibility index (Phi) is 6.06. The van der Waals surface area contributed by atoms with Crippen molar-refractivity contribution in [1.29, 1.82) is 0 Å². The van der Waals surface area contributed by atoms with Crippen LogP contribution in [0.1, 0.15) is 36.6 Å². The van der Waals surface area contributed by atoms with Crippen LogP contribution in [0.4, 0.5) is 19.6 Å². The standard InChI is InChI=1S/C21H22F2N2OS/c1-4-13(2)15-5-9-17(10-6-15)24-21-25-19(14(3)27-21)16-7-11-18(12-8-16)26-20(22)23/h5-13,20H,4H2,1-3H3,(H,24,25). The summed E-state index contributed by atoms with van der Waals surface area (Å²) in [5.74, 6) is 0.686. The zero-order valence-corrected chi connectivity index (χ0v) is 16.3. The molecule has 0 aliphatic heterocycles. The van der Waals surface area contributed by atoms with Crippen molar-refractivity contribution >= 4 is 22.2 Å². The molecule has 1 N–H and O–H groups in total. The maximum absolute atomic E-state index is 12.3. The van der Waals surface area contributed by atoms with Crippen molar-refractivity contribution in [2.24, 2.45) is 0 Å². The normalized spacial score (nSPS) is 12.2. The molecule has 0 amide bonds. The molecule has 0 aliphatic rings. The van der Waals surface area contributed by atoms with E-state index in [4.69, 9.17) is 0 Å². The summed E-state index contributed by atoms with van der Waals surface area (Å²) in [4.78, 5) is 5.71. The molecule has 0 aliphatic carbocycles. The van der Waals surface area contributed by atoms with Crippen LogP contribution < -0.4 is 10.1 Å². The average Bonchev–Trinajstić information content (AvgIpc) is 3.02. The number of benzene rings is 2. The van der Waals surface area contributed by atoms with Crippen molar-refractivity contribution in [3.63, 3.8) is 0 Å². The summed E-state index contributed by atoms with van der Waals surface area (Å²) in [6, 6.07) is 14.9. The van der Waals surface area contributed by atoms with Gasteiger partial charge in [-0.25, -0.2) is 4.98 Å². The Morgan fingerprint density at radius 3 is 2.33 bits per heavy atom. The molecule has 1 atom stereocenters. The van der Waals surface area contributed by atoms with Gasteiger partial charge in [0.1, 0.15) is 5.75 Å². The van der Waals surface area contributed by atoms with Gasteiger partial charge >= 0.3 is 6.61 Å². The number of aromatic nitrogens is 1. The van der Waals surface area contributed by atoms with Gasteiger partial charge in [-0.05, 0) is 61.2 Å². The monoisotopic (exact) mass is 388 g/mol. The minimum Gasteiger partial charge on any atom is -0.435 e. The third-order valence-corrected chi connectivity index (χ3v) is 5.38. The Morgan fingerprint density at radius 2 is 1.74 bits per heavy atom. The second-order valence-electron chi connectivity index (χ2n) is 6.38. The molecule has 0 bridgehead atoms. The molecule has 1 aromatic heterocycles. The van der Waals surface area contributed by atoms with E-state index < -0.39 is 6.61 Å². The van der Waals surface area contributed by atoms with Gasteiger partial charge in [0, 0.05) is 16.1 Å². The molecule has 6 heteroatoms. The minimum absolute atomic E-state index is 0.140. The van der Waals surface area contributed by atoms with E-state index in [0.29, 0.717) is 5.92 Å². The third-order valence-electron chi connectivity index (χ3n) is 4.49. The zero-order chi connectivity index (χ0) is 19.4. The lowest BCUT2D eigenvalue weighted by Crippen LogP contribution is -2.01. The zero-order valence-electron chi connectivity index (χ0n) is 15.5. The number of nitrogens with one attached hydrogen (secondary N) is 1. The molecule has 1 unspecified atom stereocenters. The number of hydrogen-bond donors (Lipinski definition) is 1. The number of aryl methyl sites for hydroxylation is 1. The van der Waals surface area contributed by atoms with E-state index in [2.05, 4.69) is 53.2 Å². The van der Waals surface area contributed by atoms with Gasteiger partial charge in [0.15, 0.2) is 5.13 Å². The summed E-state index contributed by atoms with van der Waals surface area (Å²) in [5.41, 5.74) is 4.01. The Labute approximate surface area is 162 Å². The van der Waals surface area contributed by atoms with Gasteiger partial charge in [-0.2, -0.15) is 8.78 Å². The number of rotatable bonds is 7. The molecule has 3 rings (SSSR count). The predicted molar refractivity (Wildman–Crippen MR) is 107 cm³/mol. The summed E-state index contributed by atoms with van der Waals surface area (Å²) in [6.45, 7) is 3.58. The van der Waals surface area contributed by atoms with Crippen LogP contribution in [0, 0.1) is 6.92 Å². The van der Waals surface area contributed by atoms with Crippen molar-refractivity contribution in [3.8, 4) is 17.0 Å². The summed E-state index contributed by atoms with van der Waals surface area (Å²) in [7, 11) is 0. The first-order valence-electron chi connectivity index (χ1n) is 8.86. The first-order valence-corrected chi connectivity index (χ1v) is 9.67. The second kappa shape index (κ2) is 8.48. The van der Waals surface area contributed by atoms with Crippen molar-refractivity contribution in [3.05, 3.63) is 59.0 Å². The fourth-order valence-electron chi connectivity index (χ4n) is 2.77. The maximum Gasteiger partial charge on any atom is 0.387 e. The van der Waals surface area contributed by atoms with Gasteiger partial charge in [-0.1, -0.05) is 26.0 Å². The Hall–Kier alpha value is -2.47. The molecule has 3 aromatic rings. The topological polar surface area (TPSA) is 34.2 Å². The summed E-state index contributed by atoms with van der Waals surface area (Å²) in [5, 5.41) is 4.14. The Bertz CT molecular complexity index is 876. The number of alkyl halides is 2. The van der Waals surface area contributed by atoms with Crippen LogP contribution in [0.5, 0.6) is 5.75 Å². The van der Waals surface area contributed by atoms with E-state index >= 15 is 0 Å². The van der Waals surface area contributed by atoms with Crippen LogP contribution in [0.15, 0.2) is 48.5 Å². The summed E-state index contributed by atoms with van der Waals surface area (Å²) in [6.07, 6.45) is 1.11. The molecule has 2 aromatic carbocycles. The molecule has 0 spiro atoms.